The maximum Gasteiger partial charge on any atom is 0.0580 e. The van der Waals surface area contributed by atoms with E-state index in [1.54, 1.807) is 0 Å². The Labute approximate surface area is 159 Å². The molecule has 0 saturated heterocycles. The molecule has 1 aliphatic heterocycles. The van der Waals surface area contributed by atoms with Crippen molar-refractivity contribution < 1.29 is 0 Å². The van der Waals surface area contributed by atoms with Crippen molar-refractivity contribution in [1.29, 1.82) is 0 Å². The van der Waals surface area contributed by atoms with Crippen LogP contribution in [0.25, 0.3) is 0 Å². The van der Waals surface area contributed by atoms with Crippen LogP contribution in [0, 0.1) is 0 Å². The van der Waals surface area contributed by atoms with Gasteiger partial charge in [0.2, 0.25) is 0 Å². The molecule has 0 aromatic heterocycles. The molecule has 0 fully saturated rings. The molecule has 0 saturated carbocycles. The molecule has 2 heteroatoms. The van der Waals surface area contributed by atoms with E-state index < -0.39 is 0 Å². The fraction of sp³-hybridized carbons (Fsp3) is 0.500. The van der Waals surface area contributed by atoms with Crippen LogP contribution < -0.4 is 9.80 Å². The second-order valence-corrected chi connectivity index (χ2v) is 7.94. The molecule has 0 amide bonds. The standard InChI is InChI=1S/C24H34N2/c1-5-6-7-8-9-10-19-11-16-23-21(17-19)18-24(26(23)4)20-12-14-22(15-13-20)25(2)3/h11-17,24H,5-10,18H2,1-4H3. The summed E-state index contributed by atoms with van der Waals surface area (Å²) in [5, 5.41) is 0. The Balaban J connectivity index is 1.65. The zero-order chi connectivity index (χ0) is 18.5. The molecule has 1 atom stereocenters. The van der Waals surface area contributed by atoms with Crippen molar-refractivity contribution in [3.8, 4) is 0 Å². The van der Waals surface area contributed by atoms with E-state index in [0.29, 0.717) is 6.04 Å². The Kier molecular flexibility index (Phi) is 6.24. The monoisotopic (exact) mass is 350 g/mol. The van der Waals surface area contributed by atoms with Crippen LogP contribution in [-0.4, -0.2) is 21.1 Å². The maximum absolute atomic E-state index is 2.46. The number of aryl methyl sites for hydroxylation is 1. The Morgan fingerprint density at radius 1 is 0.962 bits per heavy atom. The molecule has 2 nitrogen and oxygen atoms in total. The molecule has 3 rings (SSSR count). The second-order valence-electron chi connectivity index (χ2n) is 7.94. The number of anilines is 2. The number of likely N-dealkylation sites (N-methyl/N-ethyl adjacent to an activating group) is 1. The molecule has 0 radical (unpaired) electrons. The quantitative estimate of drug-likeness (QED) is 0.539. The summed E-state index contributed by atoms with van der Waals surface area (Å²) < 4.78 is 0. The van der Waals surface area contributed by atoms with Gasteiger partial charge < -0.3 is 9.80 Å². The lowest BCUT2D eigenvalue weighted by atomic mass is 9.99. The highest BCUT2D eigenvalue weighted by Gasteiger charge is 2.27. The molecule has 0 aliphatic carbocycles. The van der Waals surface area contributed by atoms with Gasteiger partial charge >= 0.3 is 0 Å². The predicted molar refractivity (Wildman–Crippen MR) is 115 cm³/mol. The maximum atomic E-state index is 2.46. The van der Waals surface area contributed by atoms with E-state index in [1.807, 2.05) is 0 Å². The molecule has 1 heterocycles. The average molecular weight is 351 g/mol. The molecule has 0 N–H and O–H groups in total. The summed E-state index contributed by atoms with van der Waals surface area (Å²) in [5.41, 5.74) is 7.10. The van der Waals surface area contributed by atoms with Crippen molar-refractivity contribution >= 4 is 11.4 Å². The molecule has 0 bridgehead atoms. The predicted octanol–water partition coefficient (Wildman–Crippen LogP) is 6.00. The highest BCUT2D eigenvalue weighted by atomic mass is 15.2. The number of hydrogen-bond donors (Lipinski definition) is 0. The summed E-state index contributed by atoms with van der Waals surface area (Å²) in [6, 6.07) is 16.6. The summed E-state index contributed by atoms with van der Waals surface area (Å²) in [6.45, 7) is 2.28. The van der Waals surface area contributed by atoms with Crippen molar-refractivity contribution in [3.63, 3.8) is 0 Å². The van der Waals surface area contributed by atoms with Crippen molar-refractivity contribution in [1.82, 2.24) is 0 Å². The smallest absolute Gasteiger partial charge is 0.0580 e. The molecular weight excluding hydrogens is 316 g/mol. The van der Waals surface area contributed by atoms with E-state index >= 15 is 0 Å². The number of rotatable bonds is 8. The molecule has 2 aromatic rings. The van der Waals surface area contributed by atoms with Crippen LogP contribution in [-0.2, 0) is 12.8 Å². The lowest BCUT2D eigenvalue weighted by Gasteiger charge is -2.24. The van der Waals surface area contributed by atoms with E-state index in [4.69, 9.17) is 0 Å². The number of hydrogen-bond acceptors (Lipinski definition) is 2. The summed E-state index contributed by atoms with van der Waals surface area (Å²) in [4.78, 5) is 4.61. The lowest BCUT2D eigenvalue weighted by Crippen LogP contribution is -2.19. The summed E-state index contributed by atoms with van der Waals surface area (Å²) in [6.07, 6.45) is 9.12. The van der Waals surface area contributed by atoms with E-state index in [9.17, 15) is 0 Å². The van der Waals surface area contributed by atoms with Crippen LogP contribution in [0.5, 0.6) is 0 Å². The fourth-order valence-corrected chi connectivity index (χ4v) is 4.08. The number of unbranched alkanes of at least 4 members (excludes halogenated alkanes) is 4. The third-order valence-corrected chi connectivity index (χ3v) is 5.77. The first-order chi connectivity index (χ1) is 12.6. The average Bonchev–Trinajstić information content (AvgIpc) is 2.98. The van der Waals surface area contributed by atoms with E-state index in [2.05, 4.69) is 80.3 Å². The second kappa shape index (κ2) is 8.62. The Morgan fingerprint density at radius 3 is 2.38 bits per heavy atom. The zero-order valence-corrected chi connectivity index (χ0v) is 17.0. The SMILES string of the molecule is CCCCCCCc1ccc2c(c1)CC(c1ccc(N(C)C)cc1)N2C. The molecule has 26 heavy (non-hydrogen) atoms. The summed E-state index contributed by atoms with van der Waals surface area (Å²) >= 11 is 0. The highest BCUT2D eigenvalue weighted by molar-refractivity contribution is 5.62. The van der Waals surface area contributed by atoms with Crippen LogP contribution in [0.2, 0.25) is 0 Å². The Bertz CT molecular complexity index is 703. The molecule has 1 aliphatic rings. The fourth-order valence-electron chi connectivity index (χ4n) is 4.08. The van der Waals surface area contributed by atoms with Crippen LogP contribution >= 0.6 is 0 Å². The third-order valence-electron chi connectivity index (χ3n) is 5.77. The zero-order valence-electron chi connectivity index (χ0n) is 17.0. The largest absolute Gasteiger partial charge is 0.378 e. The topological polar surface area (TPSA) is 6.48 Å². The molecule has 1 unspecified atom stereocenters. The van der Waals surface area contributed by atoms with Gasteiger partial charge in [-0.15, -0.1) is 0 Å². The lowest BCUT2D eigenvalue weighted by molar-refractivity contribution is 0.632. The van der Waals surface area contributed by atoms with Crippen LogP contribution in [0.4, 0.5) is 11.4 Å². The van der Waals surface area contributed by atoms with Gasteiger partial charge in [0.05, 0.1) is 6.04 Å². The minimum atomic E-state index is 0.459. The first kappa shape index (κ1) is 18.8. The van der Waals surface area contributed by atoms with Gasteiger partial charge in [-0.1, -0.05) is 56.9 Å². The number of fused-ring (bicyclic) bond motifs is 1. The third kappa shape index (κ3) is 4.23. The van der Waals surface area contributed by atoms with Crippen molar-refractivity contribution in [3.05, 3.63) is 59.2 Å². The van der Waals surface area contributed by atoms with Crippen molar-refractivity contribution in [2.75, 3.05) is 30.9 Å². The highest BCUT2D eigenvalue weighted by Crippen LogP contribution is 2.40. The van der Waals surface area contributed by atoms with Gasteiger partial charge in [-0.2, -0.15) is 0 Å². The van der Waals surface area contributed by atoms with Crippen molar-refractivity contribution in [2.45, 2.75) is 57.9 Å². The molecule has 140 valence electrons. The minimum Gasteiger partial charge on any atom is -0.378 e. The van der Waals surface area contributed by atoms with E-state index in [-0.39, 0.29) is 0 Å². The van der Waals surface area contributed by atoms with E-state index in [1.165, 1.54) is 66.6 Å². The summed E-state index contributed by atoms with van der Waals surface area (Å²) in [7, 11) is 6.42. The van der Waals surface area contributed by atoms with E-state index in [0.717, 1.165) is 6.42 Å². The minimum absolute atomic E-state index is 0.459. The van der Waals surface area contributed by atoms with Gasteiger partial charge in [0.25, 0.3) is 0 Å². The molecule has 0 spiro atoms. The Hall–Kier alpha value is -1.96. The first-order valence-corrected chi connectivity index (χ1v) is 10.2. The van der Waals surface area contributed by atoms with Crippen LogP contribution in [0.3, 0.4) is 0 Å². The summed E-state index contributed by atoms with van der Waals surface area (Å²) in [5.74, 6) is 0. The van der Waals surface area contributed by atoms with Gasteiger partial charge in [0.15, 0.2) is 0 Å². The van der Waals surface area contributed by atoms with Gasteiger partial charge in [-0.25, -0.2) is 0 Å². The Morgan fingerprint density at radius 2 is 1.69 bits per heavy atom. The van der Waals surface area contributed by atoms with Crippen LogP contribution in [0.1, 0.15) is 61.8 Å². The van der Waals surface area contributed by atoms with Gasteiger partial charge in [-0.05, 0) is 54.2 Å². The number of nitrogens with zero attached hydrogens (tertiary/aromatic N) is 2. The molecular formula is C24H34N2. The van der Waals surface area contributed by atoms with Crippen LogP contribution in [0.15, 0.2) is 42.5 Å². The van der Waals surface area contributed by atoms with Gasteiger partial charge in [0, 0.05) is 32.5 Å². The molecule has 2 aromatic carbocycles. The van der Waals surface area contributed by atoms with Gasteiger partial charge in [0.1, 0.15) is 0 Å². The number of benzene rings is 2. The van der Waals surface area contributed by atoms with Crippen molar-refractivity contribution in [2.24, 2.45) is 0 Å². The normalized spacial score (nSPS) is 16.0. The first-order valence-electron chi connectivity index (χ1n) is 10.2. The van der Waals surface area contributed by atoms with Gasteiger partial charge in [-0.3, -0.25) is 0 Å².